The van der Waals surface area contributed by atoms with Crippen LogP contribution in [0.25, 0.3) is 72.4 Å². The maximum Gasteiger partial charge on any atom is 0.187 e. The summed E-state index contributed by atoms with van der Waals surface area (Å²) in [6.07, 6.45) is 0. The second-order valence-electron chi connectivity index (χ2n) is 14.6. The Bertz CT molecular complexity index is 3030. The summed E-state index contributed by atoms with van der Waals surface area (Å²) in [5.74, 6) is 3.47. The molecule has 58 heavy (non-hydrogen) atoms. The monoisotopic (exact) mass is 740 g/mol. The van der Waals surface area contributed by atoms with Crippen molar-refractivity contribution in [2.24, 2.45) is 0 Å². The molecule has 8 aromatic carbocycles. The second-order valence-corrected chi connectivity index (χ2v) is 14.6. The van der Waals surface area contributed by atoms with Gasteiger partial charge in [-0.25, -0.2) is 19.8 Å². The third kappa shape index (κ3) is 5.27. The lowest BCUT2D eigenvalue weighted by atomic mass is 9.65. The molecule has 5 heteroatoms. The van der Waals surface area contributed by atoms with Gasteiger partial charge in [0.2, 0.25) is 0 Å². The number of fused-ring (bicyclic) bond motifs is 9. The summed E-state index contributed by atoms with van der Waals surface area (Å²) in [4.78, 5) is 19.0. The summed E-state index contributed by atoms with van der Waals surface area (Å²) >= 11 is 0. The van der Waals surface area contributed by atoms with E-state index < -0.39 is 5.41 Å². The lowest BCUT2D eigenvalue weighted by molar-refractivity contribution is 0.436. The molecule has 0 atom stereocenters. The Balaban J connectivity index is 1.13. The SMILES string of the molecule is [C-]#[N+]c1ccc(-c2ccc3c(c2)C2(c4ccccc4Oc4ccccc42)c2cc(-c4nc(-c5ccccc5)nc(-c5ccc(-c6ccccc6)cc5)n4)ccc2-3)cc1. The van der Waals surface area contributed by atoms with Crippen LogP contribution in [0.3, 0.4) is 0 Å². The molecule has 0 unspecified atom stereocenters. The van der Waals surface area contributed by atoms with E-state index in [-0.39, 0.29) is 0 Å². The van der Waals surface area contributed by atoms with E-state index in [1.807, 2.05) is 72.8 Å². The maximum absolute atomic E-state index is 7.49. The van der Waals surface area contributed by atoms with Crippen LogP contribution >= 0.6 is 0 Å². The molecular formula is C53H32N4O. The Morgan fingerprint density at radius 1 is 0.362 bits per heavy atom. The fraction of sp³-hybridized carbons (Fsp3) is 0.0189. The molecule has 0 bridgehead atoms. The van der Waals surface area contributed by atoms with Crippen molar-refractivity contribution < 1.29 is 4.74 Å². The number of hydrogen-bond donors (Lipinski definition) is 0. The molecule has 2 heterocycles. The molecule has 270 valence electrons. The van der Waals surface area contributed by atoms with Gasteiger partial charge in [-0.2, -0.15) is 0 Å². The number of rotatable bonds is 5. The molecule has 11 rings (SSSR count). The number of aromatic nitrogens is 3. The van der Waals surface area contributed by atoms with Crippen LogP contribution in [-0.4, -0.2) is 15.0 Å². The molecule has 0 amide bonds. The van der Waals surface area contributed by atoms with Crippen molar-refractivity contribution in [1.29, 1.82) is 0 Å². The predicted molar refractivity (Wildman–Crippen MR) is 231 cm³/mol. The van der Waals surface area contributed by atoms with Crippen LogP contribution in [-0.2, 0) is 5.41 Å². The van der Waals surface area contributed by atoms with Crippen LogP contribution in [0.15, 0.2) is 194 Å². The average Bonchev–Trinajstić information content (AvgIpc) is 3.58. The molecule has 1 aliphatic carbocycles. The van der Waals surface area contributed by atoms with Crippen molar-refractivity contribution in [2.75, 3.05) is 0 Å². The van der Waals surface area contributed by atoms with Crippen LogP contribution < -0.4 is 4.74 Å². The van der Waals surface area contributed by atoms with Crippen molar-refractivity contribution in [2.45, 2.75) is 5.41 Å². The summed E-state index contributed by atoms with van der Waals surface area (Å²) in [6, 6.07) is 66.9. The van der Waals surface area contributed by atoms with Crippen molar-refractivity contribution in [3.8, 4) is 79.0 Å². The fourth-order valence-electron chi connectivity index (χ4n) is 8.74. The minimum atomic E-state index is -0.704. The van der Waals surface area contributed by atoms with Crippen molar-refractivity contribution in [1.82, 2.24) is 15.0 Å². The lowest BCUT2D eigenvalue weighted by Gasteiger charge is -2.39. The zero-order valence-electron chi connectivity index (χ0n) is 31.2. The minimum Gasteiger partial charge on any atom is -0.457 e. The molecule has 0 radical (unpaired) electrons. The van der Waals surface area contributed by atoms with Gasteiger partial charge in [0.1, 0.15) is 11.5 Å². The van der Waals surface area contributed by atoms with Gasteiger partial charge in [0.25, 0.3) is 0 Å². The molecule has 1 aliphatic heterocycles. The van der Waals surface area contributed by atoms with Gasteiger partial charge in [-0.3, -0.25) is 0 Å². The zero-order chi connectivity index (χ0) is 38.6. The Morgan fingerprint density at radius 3 is 1.34 bits per heavy atom. The van der Waals surface area contributed by atoms with E-state index in [1.165, 1.54) is 5.56 Å². The molecular weight excluding hydrogens is 709 g/mol. The molecule has 5 nitrogen and oxygen atoms in total. The van der Waals surface area contributed by atoms with E-state index in [2.05, 4.69) is 126 Å². The van der Waals surface area contributed by atoms with Crippen LogP contribution in [0.1, 0.15) is 22.3 Å². The molecule has 9 aromatic rings. The molecule has 2 aliphatic rings. The van der Waals surface area contributed by atoms with E-state index >= 15 is 0 Å². The van der Waals surface area contributed by atoms with Gasteiger partial charge >= 0.3 is 0 Å². The first-order valence-corrected chi connectivity index (χ1v) is 19.3. The van der Waals surface area contributed by atoms with Gasteiger partial charge in [0.05, 0.1) is 12.0 Å². The molecule has 0 fully saturated rings. The summed E-state index contributed by atoms with van der Waals surface area (Å²) in [7, 11) is 0. The summed E-state index contributed by atoms with van der Waals surface area (Å²) < 4.78 is 6.65. The standard InChI is InChI=1S/C53H32N4O/c1-54-41-28-24-36(25-29-41)39-26-30-42-43-31-27-40(33-47(43)53(46(42)32-39)44-16-8-10-18-48(44)58-49-19-11-9-17-45(49)53)52-56-50(37-14-6-3-7-15-37)55-51(57-52)38-22-20-35(21-23-38)34-12-4-2-5-13-34/h2-33H. The minimum absolute atomic E-state index is 0.596. The highest BCUT2D eigenvalue weighted by Crippen LogP contribution is 2.62. The van der Waals surface area contributed by atoms with Gasteiger partial charge in [-0.1, -0.05) is 170 Å². The predicted octanol–water partition coefficient (Wildman–Crippen LogP) is 13.2. The van der Waals surface area contributed by atoms with E-state index in [1.54, 1.807) is 0 Å². The van der Waals surface area contributed by atoms with Gasteiger partial charge in [0, 0.05) is 27.8 Å². The summed E-state index contributed by atoms with van der Waals surface area (Å²) in [5.41, 5.74) is 13.8. The number of ether oxygens (including phenoxy) is 1. The Hall–Kier alpha value is -7.94. The van der Waals surface area contributed by atoms with E-state index in [0.717, 1.165) is 78.3 Å². The Morgan fingerprint density at radius 2 is 0.759 bits per heavy atom. The third-order valence-electron chi connectivity index (χ3n) is 11.4. The molecule has 0 N–H and O–H groups in total. The molecule has 0 saturated carbocycles. The summed E-state index contributed by atoms with van der Waals surface area (Å²) in [5, 5.41) is 0. The average molecular weight is 741 g/mol. The Labute approximate surface area is 336 Å². The highest BCUT2D eigenvalue weighted by Gasteiger charge is 2.51. The van der Waals surface area contributed by atoms with Crippen molar-refractivity contribution >= 4 is 5.69 Å². The first kappa shape index (κ1) is 33.4. The maximum atomic E-state index is 7.49. The zero-order valence-corrected chi connectivity index (χ0v) is 31.2. The topological polar surface area (TPSA) is 52.3 Å². The van der Waals surface area contributed by atoms with Gasteiger partial charge < -0.3 is 4.74 Å². The molecule has 0 saturated heterocycles. The number of hydrogen-bond acceptors (Lipinski definition) is 4. The van der Waals surface area contributed by atoms with Gasteiger partial charge in [-0.15, -0.1) is 0 Å². The normalized spacial score (nSPS) is 12.7. The number of nitrogens with zero attached hydrogens (tertiary/aromatic N) is 4. The second kappa shape index (κ2) is 13.4. The van der Waals surface area contributed by atoms with Crippen LogP contribution in [0.2, 0.25) is 0 Å². The first-order chi connectivity index (χ1) is 28.7. The van der Waals surface area contributed by atoms with Crippen LogP contribution in [0.5, 0.6) is 11.5 Å². The van der Waals surface area contributed by atoms with Gasteiger partial charge in [-0.05, 0) is 68.8 Å². The van der Waals surface area contributed by atoms with E-state index in [9.17, 15) is 0 Å². The quantitative estimate of drug-likeness (QED) is 0.165. The smallest absolute Gasteiger partial charge is 0.187 e. The largest absolute Gasteiger partial charge is 0.457 e. The highest BCUT2D eigenvalue weighted by atomic mass is 16.5. The lowest BCUT2D eigenvalue weighted by Crippen LogP contribution is -2.32. The molecule has 1 aromatic heterocycles. The fourth-order valence-corrected chi connectivity index (χ4v) is 8.74. The van der Waals surface area contributed by atoms with E-state index in [0.29, 0.717) is 23.2 Å². The van der Waals surface area contributed by atoms with Crippen molar-refractivity contribution in [3.63, 3.8) is 0 Å². The molecule has 1 spiro atoms. The van der Waals surface area contributed by atoms with E-state index in [4.69, 9.17) is 26.3 Å². The highest BCUT2D eigenvalue weighted by molar-refractivity contribution is 5.91. The Kier molecular flexibility index (Phi) is 7.70. The summed E-state index contributed by atoms with van der Waals surface area (Å²) in [6.45, 7) is 7.49. The van der Waals surface area contributed by atoms with Crippen LogP contribution in [0.4, 0.5) is 5.69 Å². The third-order valence-corrected chi connectivity index (χ3v) is 11.4. The number of benzene rings is 8. The van der Waals surface area contributed by atoms with Gasteiger partial charge in [0.15, 0.2) is 23.2 Å². The first-order valence-electron chi connectivity index (χ1n) is 19.3. The van der Waals surface area contributed by atoms with Crippen molar-refractivity contribution in [3.05, 3.63) is 228 Å². The number of para-hydroxylation sites is 2. The van der Waals surface area contributed by atoms with Crippen LogP contribution in [0, 0.1) is 6.57 Å².